The van der Waals surface area contributed by atoms with Gasteiger partial charge in [0, 0.05) is 23.1 Å². The van der Waals surface area contributed by atoms with Crippen molar-refractivity contribution in [2.24, 2.45) is 7.05 Å². The summed E-state index contributed by atoms with van der Waals surface area (Å²) in [6.07, 6.45) is 2.78. The molecule has 2 heterocycles. The number of fused-ring (bicyclic) bond motifs is 1. The van der Waals surface area contributed by atoms with Gasteiger partial charge in [-0.3, -0.25) is 9.67 Å². The van der Waals surface area contributed by atoms with Gasteiger partial charge in [0.25, 0.3) is 0 Å². The Morgan fingerprint density at radius 1 is 1.29 bits per heavy atom. The van der Waals surface area contributed by atoms with Crippen LogP contribution < -0.4 is 5.32 Å². The minimum atomic E-state index is 0.736. The maximum atomic E-state index is 4.50. The van der Waals surface area contributed by atoms with Crippen LogP contribution in [-0.2, 0) is 20.0 Å². The van der Waals surface area contributed by atoms with E-state index in [1.165, 1.54) is 5.69 Å². The van der Waals surface area contributed by atoms with Crippen LogP contribution in [0.25, 0.3) is 10.9 Å². The lowest BCUT2D eigenvalue weighted by molar-refractivity contribution is 0.707. The lowest BCUT2D eigenvalue weighted by Crippen LogP contribution is -2.06. The number of aryl methyl sites for hydroxylation is 2. The maximum absolute atomic E-state index is 4.50. The van der Waals surface area contributed by atoms with E-state index in [1.807, 2.05) is 24.0 Å². The van der Waals surface area contributed by atoms with Crippen molar-refractivity contribution in [3.8, 4) is 0 Å². The van der Waals surface area contributed by atoms with Crippen molar-refractivity contribution >= 4 is 32.5 Å². The van der Waals surface area contributed by atoms with Crippen molar-refractivity contribution in [1.82, 2.24) is 14.8 Å². The van der Waals surface area contributed by atoms with Gasteiger partial charge in [0.15, 0.2) is 0 Å². The van der Waals surface area contributed by atoms with Crippen molar-refractivity contribution in [3.63, 3.8) is 0 Å². The van der Waals surface area contributed by atoms with Crippen LogP contribution in [0, 0.1) is 0 Å². The molecule has 0 aliphatic carbocycles. The van der Waals surface area contributed by atoms with Gasteiger partial charge in [-0.1, -0.05) is 19.1 Å². The van der Waals surface area contributed by atoms with Gasteiger partial charge in [-0.2, -0.15) is 5.10 Å². The van der Waals surface area contributed by atoms with Gasteiger partial charge in [-0.05, 0) is 40.5 Å². The van der Waals surface area contributed by atoms with E-state index in [-0.39, 0.29) is 0 Å². The zero-order chi connectivity index (χ0) is 14.8. The summed E-state index contributed by atoms with van der Waals surface area (Å²) in [7, 11) is 1.98. The number of halogens is 1. The number of benzene rings is 1. The van der Waals surface area contributed by atoms with E-state index in [9.17, 15) is 0 Å². The second-order valence-electron chi connectivity index (χ2n) is 4.99. The first-order chi connectivity index (χ1) is 10.2. The molecule has 3 rings (SSSR count). The highest BCUT2D eigenvalue weighted by Gasteiger charge is 2.06. The number of nitrogens with zero attached hydrogens (tertiary/aromatic N) is 3. The Labute approximate surface area is 132 Å². The first kappa shape index (κ1) is 14.1. The Kier molecular flexibility index (Phi) is 3.92. The normalized spacial score (nSPS) is 11.0. The van der Waals surface area contributed by atoms with E-state index in [0.29, 0.717) is 0 Å². The summed E-state index contributed by atoms with van der Waals surface area (Å²) in [6.45, 7) is 2.85. The fourth-order valence-corrected chi connectivity index (χ4v) is 2.72. The molecule has 0 atom stereocenters. The van der Waals surface area contributed by atoms with Gasteiger partial charge in [0.1, 0.15) is 0 Å². The summed E-state index contributed by atoms with van der Waals surface area (Å²) >= 11 is 3.46. The van der Waals surface area contributed by atoms with Gasteiger partial charge in [0.2, 0.25) is 0 Å². The Morgan fingerprint density at radius 3 is 2.90 bits per heavy atom. The fraction of sp³-hybridized carbons (Fsp3) is 0.250. The molecule has 0 amide bonds. The number of hydrogen-bond donors (Lipinski definition) is 1. The van der Waals surface area contributed by atoms with Crippen LogP contribution in [0.15, 0.2) is 41.0 Å². The SMILES string of the molecule is CCc1cc(CNc2cccc3cc(Br)cnc23)n(C)n1. The van der Waals surface area contributed by atoms with Crippen LogP contribution in [0.2, 0.25) is 0 Å². The molecule has 0 unspecified atom stereocenters. The Hall–Kier alpha value is -1.88. The second kappa shape index (κ2) is 5.85. The van der Waals surface area contributed by atoms with Crippen LogP contribution >= 0.6 is 15.9 Å². The molecular formula is C16H17BrN4. The first-order valence-electron chi connectivity index (χ1n) is 6.97. The molecule has 108 valence electrons. The predicted octanol–water partition coefficient (Wildman–Crippen LogP) is 3.91. The molecule has 21 heavy (non-hydrogen) atoms. The zero-order valence-electron chi connectivity index (χ0n) is 12.1. The second-order valence-corrected chi connectivity index (χ2v) is 5.90. The summed E-state index contributed by atoms with van der Waals surface area (Å²) in [5.41, 5.74) is 4.31. The molecular weight excluding hydrogens is 328 g/mol. The van der Waals surface area contributed by atoms with Gasteiger partial charge >= 0.3 is 0 Å². The molecule has 0 bridgehead atoms. The third-order valence-electron chi connectivity index (χ3n) is 3.53. The highest BCUT2D eigenvalue weighted by molar-refractivity contribution is 9.10. The van der Waals surface area contributed by atoms with Crippen molar-refractivity contribution in [1.29, 1.82) is 0 Å². The Balaban J connectivity index is 1.86. The summed E-state index contributed by atoms with van der Waals surface area (Å²) < 4.78 is 2.92. The molecule has 0 aliphatic rings. The lowest BCUT2D eigenvalue weighted by Gasteiger charge is -2.09. The third kappa shape index (κ3) is 2.93. The number of pyridine rings is 1. The molecule has 1 N–H and O–H groups in total. The third-order valence-corrected chi connectivity index (χ3v) is 3.96. The van der Waals surface area contributed by atoms with Crippen LogP contribution in [0.1, 0.15) is 18.3 Å². The molecule has 0 saturated carbocycles. The lowest BCUT2D eigenvalue weighted by atomic mass is 10.2. The largest absolute Gasteiger partial charge is 0.378 e. The number of aromatic nitrogens is 3. The molecule has 3 aromatic rings. The predicted molar refractivity (Wildman–Crippen MR) is 89.4 cm³/mol. The van der Waals surface area contributed by atoms with Crippen molar-refractivity contribution in [3.05, 3.63) is 52.4 Å². The number of para-hydroxylation sites is 1. The average molecular weight is 345 g/mol. The number of hydrogen-bond acceptors (Lipinski definition) is 3. The van der Waals surface area contributed by atoms with E-state index < -0.39 is 0 Å². The van der Waals surface area contributed by atoms with E-state index in [2.05, 4.69) is 62.5 Å². The number of anilines is 1. The van der Waals surface area contributed by atoms with Gasteiger partial charge < -0.3 is 5.32 Å². The topological polar surface area (TPSA) is 42.7 Å². The smallest absolute Gasteiger partial charge is 0.0934 e. The minimum Gasteiger partial charge on any atom is -0.378 e. The van der Waals surface area contributed by atoms with E-state index in [1.54, 1.807) is 0 Å². The van der Waals surface area contributed by atoms with Crippen molar-refractivity contribution in [2.45, 2.75) is 19.9 Å². The van der Waals surface area contributed by atoms with Crippen LogP contribution in [0.5, 0.6) is 0 Å². The molecule has 1 aromatic carbocycles. The van der Waals surface area contributed by atoms with E-state index in [0.717, 1.165) is 39.7 Å². The quantitative estimate of drug-likeness (QED) is 0.780. The van der Waals surface area contributed by atoms with Crippen molar-refractivity contribution in [2.75, 3.05) is 5.32 Å². The summed E-state index contributed by atoms with van der Waals surface area (Å²) in [4.78, 5) is 4.50. The monoisotopic (exact) mass is 344 g/mol. The molecule has 4 nitrogen and oxygen atoms in total. The Morgan fingerprint density at radius 2 is 2.14 bits per heavy atom. The minimum absolute atomic E-state index is 0.736. The van der Waals surface area contributed by atoms with Crippen LogP contribution in [0.4, 0.5) is 5.69 Å². The molecule has 0 saturated heterocycles. The fourth-order valence-electron chi connectivity index (χ4n) is 2.37. The highest BCUT2D eigenvalue weighted by Crippen LogP contribution is 2.24. The van der Waals surface area contributed by atoms with E-state index in [4.69, 9.17) is 0 Å². The molecule has 0 radical (unpaired) electrons. The standard InChI is InChI=1S/C16H17BrN4/c1-3-13-8-14(21(2)20-13)10-18-15-6-4-5-11-7-12(17)9-19-16(11)15/h4-9,18H,3,10H2,1-2H3. The number of nitrogens with one attached hydrogen (secondary N) is 1. The molecule has 0 spiro atoms. The van der Waals surface area contributed by atoms with Crippen LogP contribution in [-0.4, -0.2) is 14.8 Å². The van der Waals surface area contributed by atoms with Gasteiger partial charge in [-0.25, -0.2) is 0 Å². The molecule has 2 aromatic heterocycles. The molecule has 0 fully saturated rings. The number of rotatable bonds is 4. The zero-order valence-corrected chi connectivity index (χ0v) is 13.7. The van der Waals surface area contributed by atoms with E-state index >= 15 is 0 Å². The summed E-state index contributed by atoms with van der Waals surface area (Å²) in [6, 6.07) is 10.4. The van der Waals surface area contributed by atoms with Crippen LogP contribution in [0.3, 0.4) is 0 Å². The molecule has 0 aliphatic heterocycles. The maximum Gasteiger partial charge on any atom is 0.0934 e. The highest BCUT2D eigenvalue weighted by atomic mass is 79.9. The summed E-state index contributed by atoms with van der Waals surface area (Å²) in [5.74, 6) is 0. The van der Waals surface area contributed by atoms with Crippen molar-refractivity contribution < 1.29 is 0 Å². The van der Waals surface area contributed by atoms with Gasteiger partial charge in [-0.15, -0.1) is 0 Å². The first-order valence-corrected chi connectivity index (χ1v) is 7.76. The molecule has 5 heteroatoms. The Bertz CT molecular complexity index is 779. The van der Waals surface area contributed by atoms with Gasteiger partial charge in [0.05, 0.1) is 29.1 Å². The summed E-state index contributed by atoms with van der Waals surface area (Å²) in [5, 5.41) is 9.05. The average Bonchev–Trinajstić information content (AvgIpc) is 2.85.